The van der Waals surface area contributed by atoms with Crippen LogP contribution in [0, 0.1) is 5.92 Å². The van der Waals surface area contributed by atoms with Gasteiger partial charge in [-0.1, -0.05) is 44.4 Å². The summed E-state index contributed by atoms with van der Waals surface area (Å²) in [5.74, 6) is 0.750. The van der Waals surface area contributed by atoms with E-state index in [2.05, 4.69) is 43.3 Å². The Bertz CT molecular complexity index is 529. The van der Waals surface area contributed by atoms with Crippen molar-refractivity contribution in [3.05, 3.63) is 35.0 Å². The van der Waals surface area contributed by atoms with Crippen LogP contribution in [0.1, 0.15) is 39.2 Å². The van der Waals surface area contributed by atoms with Crippen LogP contribution in [0.3, 0.4) is 0 Å². The number of aromatic nitrogens is 1. The van der Waals surface area contributed by atoms with Gasteiger partial charge in [0.25, 0.3) is 0 Å². The first-order valence-electron chi connectivity index (χ1n) is 7.14. The molecule has 2 aromatic rings. The first-order chi connectivity index (χ1) is 9.15. The fourth-order valence-corrected chi connectivity index (χ4v) is 2.91. The fraction of sp³-hybridized carbons (Fsp3) is 0.500. The molecule has 0 aliphatic rings. The maximum absolute atomic E-state index is 6.00. The summed E-state index contributed by atoms with van der Waals surface area (Å²) >= 11 is 6.00. The molecule has 1 atom stereocenters. The van der Waals surface area contributed by atoms with Gasteiger partial charge >= 0.3 is 0 Å². The summed E-state index contributed by atoms with van der Waals surface area (Å²) in [7, 11) is 0. The van der Waals surface area contributed by atoms with Gasteiger partial charge < -0.3 is 10.3 Å². The molecule has 3 heteroatoms. The molecule has 1 aromatic heterocycles. The molecular formula is C16H23ClN2. The minimum atomic E-state index is 0.548. The second kappa shape index (κ2) is 6.44. The molecule has 0 radical (unpaired) electrons. The summed E-state index contributed by atoms with van der Waals surface area (Å²) in [6.45, 7) is 7.71. The van der Waals surface area contributed by atoms with E-state index in [1.807, 2.05) is 12.1 Å². The fourth-order valence-electron chi connectivity index (χ4n) is 2.74. The summed E-state index contributed by atoms with van der Waals surface area (Å²) in [6, 6.07) is 6.57. The first kappa shape index (κ1) is 14.4. The van der Waals surface area contributed by atoms with Gasteiger partial charge in [0.1, 0.15) is 0 Å². The Kier molecular flexibility index (Phi) is 4.89. The highest BCUT2D eigenvalue weighted by molar-refractivity contribution is 6.31. The Balaban J connectivity index is 2.06. The van der Waals surface area contributed by atoms with Crippen molar-refractivity contribution in [2.45, 2.75) is 46.2 Å². The predicted molar refractivity (Wildman–Crippen MR) is 83.7 cm³/mol. The van der Waals surface area contributed by atoms with E-state index in [-0.39, 0.29) is 0 Å². The number of hydrogen-bond donors (Lipinski definition) is 2. The Morgan fingerprint density at radius 2 is 2.00 bits per heavy atom. The summed E-state index contributed by atoms with van der Waals surface area (Å²) < 4.78 is 0. The molecule has 1 heterocycles. The highest BCUT2D eigenvalue weighted by Gasteiger charge is 2.13. The Labute approximate surface area is 120 Å². The first-order valence-corrected chi connectivity index (χ1v) is 7.52. The van der Waals surface area contributed by atoms with Crippen LogP contribution >= 0.6 is 11.6 Å². The zero-order valence-electron chi connectivity index (χ0n) is 12.0. The normalized spacial score (nSPS) is 13.3. The average molecular weight is 279 g/mol. The van der Waals surface area contributed by atoms with Crippen LogP contribution in [0.5, 0.6) is 0 Å². The standard InChI is InChI=1S/C16H23ClN2/c1-4-12(5-2)11(3)18-9-13-10-19-16-8-14(17)6-7-15(13)16/h6-8,10-12,18-19H,4-5,9H2,1-3H3. The van der Waals surface area contributed by atoms with Gasteiger partial charge in [-0.25, -0.2) is 0 Å². The molecule has 0 bridgehead atoms. The quantitative estimate of drug-likeness (QED) is 0.785. The molecule has 2 nitrogen and oxygen atoms in total. The maximum Gasteiger partial charge on any atom is 0.0472 e. The van der Waals surface area contributed by atoms with Gasteiger partial charge in [-0.15, -0.1) is 0 Å². The lowest BCUT2D eigenvalue weighted by Gasteiger charge is -2.22. The van der Waals surface area contributed by atoms with Gasteiger partial charge in [-0.3, -0.25) is 0 Å². The van der Waals surface area contributed by atoms with Crippen LogP contribution < -0.4 is 5.32 Å². The van der Waals surface area contributed by atoms with E-state index in [0.29, 0.717) is 6.04 Å². The molecule has 19 heavy (non-hydrogen) atoms. The zero-order chi connectivity index (χ0) is 13.8. The summed E-state index contributed by atoms with van der Waals surface area (Å²) in [5.41, 5.74) is 2.42. The van der Waals surface area contributed by atoms with Crippen molar-refractivity contribution in [1.29, 1.82) is 0 Å². The number of H-pyrrole nitrogens is 1. The van der Waals surface area contributed by atoms with Gasteiger partial charge in [0, 0.05) is 34.7 Å². The second-order valence-corrected chi connectivity index (χ2v) is 5.69. The number of rotatable bonds is 6. The molecule has 0 saturated carbocycles. The van der Waals surface area contributed by atoms with E-state index in [0.717, 1.165) is 23.0 Å². The van der Waals surface area contributed by atoms with Gasteiger partial charge in [0.05, 0.1) is 0 Å². The lowest BCUT2D eigenvalue weighted by atomic mass is 9.95. The lowest BCUT2D eigenvalue weighted by Crippen LogP contribution is -2.32. The molecule has 0 fully saturated rings. The number of aromatic amines is 1. The third-order valence-electron chi connectivity index (χ3n) is 4.10. The molecule has 0 aliphatic heterocycles. The molecule has 0 aliphatic carbocycles. The molecule has 0 amide bonds. The molecule has 2 N–H and O–H groups in total. The Morgan fingerprint density at radius 1 is 1.26 bits per heavy atom. The van der Waals surface area contributed by atoms with Crippen LogP contribution in [0.25, 0.3) is 10.9 Å². The third-order valence-corrected chi connectivity index (χ3v) is 4.33. The zero-order valence-corrected chi connectivity index (χ0v) is 12.7. The van der Waals surface area contributed by atoms with E-state index in [4.69, 9.17) is 11.6 Å². The minimum absolute atomic E-state index is 0.548. The van der Waals surface area contributed by atoms with Crippen LogP contribution in [-0.2, 0) is 6.54 Å². The number of fused-ring (bicyclic) bond motifs is 1. The number of halogens is 1. The van der Waals surface area contributed by atoms with Crippen molar-refractivity contribution in [3.63, 3.8) is 0 Å². The highest BCUT2D eigenvalue weighted by Crippen LogP contribution is 2.22. The smallest absolute Gasteiger partial charge is 0.0472 e. The van der Waals surface area contributed by atoms with Crippen molar-refractivity contribution in [3.8, 4) is 0 Å². The van der Waals surface area contributed by atoms with Crippen molar-refractivity contribution >= 4 is 22.5 Å². The maximum atomic E-state index is 6.00. The molecule has 0 saturated heterocycles. The number of hydrogen-bond acceptors (Lipinski definition) is 1. The largest absolute Gasteiger partial charge is 0.361 e. The van der Waals surface area contributed by atoms with E-state index in [1.165, 1.54) is 23.8 Å². The van der Waals surface area contributed by atoms with Crippen LogP contribution in [0.15, 0.2) is 24.4 Å². The van der Waals surface area contributed by atoms with Gasteiger partial charge in [0.15, 0.2) is 0 Å². The monoisotopic (exact) mass is 278 g/mol. The Hall–Kier alpha value is -0.990. The summed E-state index contributed by atoms with van der Waals surface area (Å²) in [4.78, 5) is 3.29. The van der Waals surface area contributed by atoms with Gasteiger partial charge in [-0.2, -0.15) is 0 Å². The topological polar surface area (TPSA) is 27.8 Å². The van der Waals surface area contributed by atoms with Crippen molar-refractivity contribution in [1.82, 2.24) is 10.3 Å². The summed E-state index contributed by atoms with van der Waals surface area (Å²) in [5, 5.41) is 5.68. The van der Waals surface area contributed by atoms with E-state index in [9.17, 15) is 0 Å². The summed E-state index contributed by atoms with van der Waals surface area (Å²) in [6.07, 6.45) is 4.54. The number of nitrogens with one attached hydrogen (secondary N) is 2. The molecule has 0 spiro atoms. The van der Waals surface area contributed by atoms with Crippen molar-refractivity contribution in [2.24, 2.45) is 5.92 Å². The minimum Gasteiger partial charge on any atom is -0.361 e. The van der Waals surface area contributed by atoms with Crippen LogP contribution in [-0.4, -0.2) is 11.0 Å². The Morgan fingerprint density at radius 3 is 2.68 bits per heavy atom. The van der Waals surface area contributed by atoms with Gasteiger partial charge in [-0.05, 0) is 30.5 Å². The molecule has 104 valence electrons. The van der Waals surface area contributed by atoms with Gasteiger partial charge in [0.2, 0.25) is 0 Å². The predicted octanol–water partition coefficient (Wildman–Crippen LogP) is 4.74. The third kappa shape index (κ3) is 3.31. The molecule has 2 rings (SSSR count). The van der Waals surface area contributed by atoms with Crippen molar-refractivity contribution in [2.75, 3.05) is 0 Å². The second-order valence-electron chi connectivity index (χ2n) is 5.25. The highest BCUT2D eigenvalue weighted by atomic mass is 35.5. The molecular weight excluding hydrogens is 256 g/mol. The molecule has 1 unspecified atom stereocenters. The lowest BCUT2D eigenvalue weighted by molar-refractivity contribution is 0.353. The van der Waals surface area contributed by atoms with E-state index < -0.39 is 0 Å². The van der Waals surface area contributed by atoms with Crippen LogP contribution in [0.4, 0.5) is 0 Å². The van der Waals surface area contributed by atoms with E-state index in [1.54, 1.807) is 0 Å². The average Bonchev–Trinajstić information content (AvgIpc) is 2.80. The number of benzene rings is 1. The van der Waals surface area contributed by atoms with E-state index >= 15 is 0 Å². The van der Waals surface area contributed by atoms with Crippen molar-refractivity contribution < 1.29 is 0 Å². The SMILES string of the molecule is CCC(CC)C(C)NCc1c[nH]c2cc(Cl)ccc12. The molecule has 1 aromatic carbocycles. The van der Waals surface area contributed by atoms with Crippen LogP contribution in [0.2, 0.25) is 5.02 Å².